The SMILES string of the molecule is Cc1ncc(NC(=O)CN2CC3CCC(C2)O3)cc1NC(=O)c1cnn2cc(-c3cc[nH]c3)sc12. The number of rotatable bonds is 6. The molecule has 11 heteroatoms. The fourth-order valence-corrected chi connectivity index (χ4v) is 5.76. The van der Waals surface area contributed by atoms with Crippen LogP contribution >= 0.6 is 11.3 Å². The van der Waals surface area contributed by atoms with Crippen molar-refractivity contribution in [1.29, 1.82) is 0 Å². The summed E-state index contributed by atoms with van der Waals surface area (Å²) in [5, 5.41) is 10.2. The number of nitrogens with one attached hydrogen (secondary N) is 3. The Bertz CT molecular complexity index is 1380. The molecule has 35 heavy (non-hydrogen) atoms. The summed E-state index contributed by atoms with van der Waals surface area (Å²) < 4.78 is 7.55. The zero-order valence-corrected chi connectivity index (χ0v) is 20.0. The van der Waals surface area contributed by atoms with E-state index in [4.69, 9.17) is 4.74 Å². The number of ether oxygens (including phenoxy) is 1. The Morgan fingerprint density at radius 2 is 2.06 bits per heavy atom. The lowest BCUT2D eigenvalue weighted by atomic mass is 10.2. The van der Waals surface area contributed by atoms with Gasteiger partial charge in [0.25, 0.3) is 5.91 Å². The van der Waals surface area contributed by atoms with Crippen LogP contribution in [-0.2, 0) is 9.53 Å². The molecule has 0 aliphatic carbocycles. The van der Waals surface area contributed by atoms with Crippen LogP contribution in [0.4, 0.5) is 11.4 Å². The Balaban J connectivity index is 1.14. The number of carbonyl (C=O) groups is 2. The number of amides is 2. The number of anilines is 2. The number of likely N-dealkylation sites (tertiary alicyclic amines) is 1. The van der Waals surface area contributed by atoms with Gasteiger partial charge >= 0.3 is 0 Å². The lowest BCUT2D eigenvalue weighted by Gasteiger charge is -2.31. The van der Waals surface area contributed by atoms with Crippen molar-refractivity contribution in [3.8, 4) is 10.4 Å². The summed E-state index contributed by atoms with van der Waals surface area (Å²) in [6.07, 6.45) is 11.4. The number of hydrogen-bond acceptors (Lipinski definition) is 7. The van der Waals surface area contributed by atoms with Gasteiger partial charge in [0.05, 0.1) is 58.7 Å². The van der Waals surface area contributed by atoms with Crippen LogP contribution in [0.3, 0.4) is 0 Å². The number of thiazole rings is 1. The van der Waals surface area contributed by atoms with Crippen molar-refractivity contribution in [3.05, 3.63) is 54.4 Å². The van der Waals surface area contributed by atoms with E-state index < -0.39 is 0 Å². The fraction of sp³-hybridized carbons (Fsp3) is 0.333. The number of pyridine rings is 1. The lowest BCUT2D eigenvalue weighted by Crippen LogP contribution is -2.45. The quantitative estimate of drug-likeness (QED) is 0.382. The number of hydrogen-bond donors (Lipinski definition) is 3. The Morgan fingerprint density at radius 1 is 1.23 bits per heavy atom. The average Bonchev–Trinajstić information content (AvgIpc) is 3.60. The molecule has 0 saturated carbocycles. The van der Waals surface area contributed by atoms with Crippen molar-refractivity contribution in [1.82, 2.24) is 24.5 Å². The summed E-state index contributed by atoms with van der Waals surface area (Å²) >= 11 is 1.50. The largest absolute Gasteiger partial charge is 0.372 e. The average molecular weight is 492 g/mol. The molecule has 6 rings (SSSR count). The van der Waals surface area contributed by atoms with Crippen molar-refractivity contribution in [3.63, 3.8) is 0 Å². The molecule has 2 aliphatic rings. The molecule has 3 N–H and O–H groups in total. The molecule has 10 nitrogen and oxygen atoms in total. The molecule has 2 unspecified atom stereocenters. The molecular weight excluding hydrogens is 466 g/mol. The maximum absolute atomic E-state index is 13.1. The second-order valence-electron chi connectivity index (χ2n) is 9.01. The van der Waals surface area contributed by atoms with E-state index in [1.165, 1.54) is 11.3 Å². The van der Waals surface area contributed by atoms with Gasteiger partial charge in [-0.05, 0) is 31.9 Å². The molecular formula is C24H25N7O3S. The first-order valence-electron chi connectivity index (χ1n) is 11.6. The van der Waals surface area contributed by atoms with Gasteiger partial charge in [-0.1, -0.05) is 0 Å². The summed E-state index contributed by atoms with van der Waals surface area (Å²) in [5.41, 5.74) is 3.26. The first-order valence-corrected chi connectivity index (χ1v) is 12.4. The van der Waals surface area contributed by atoms with Gasteiger partial charge in [0, 0.05) is 37.2 Å². The molecule has 2 saturated heterocycles. The van der Waals surface area contributed by atoms with E-state index in [0.717, 1.165) is 41.2 Å². The molecule has 6 heterocycles. The maximum atomic E-state index is 13.1. The van der Waals surface area contributed by atoms with Crippen molar-refractivity contribution >= 4 is 39.4 Å². The van der Waals surface area contributed by atoms with Crippen LogP contribution in [0.25, 0.3) is 15.3 Å². The van der Waals surface area contributed by atoms with Gasteiger partial charge < -0.3 is 20.4 Å². The van der Waals surface area contributed by atoms with Crippen LogP contribution in [-0.4, -0.2) is 68.1 Å². The molecule has 4 aromatic heterocycles. The Labute approximate surface area is 205 Å². The summed E-state index contributed by atoms with van der Waals surface area (Å²) in [7, 11) is 0. The van der Waals surface area contributed by atoms with E-state index in [0.29, 0.717) is 29.2 Å². The second-order valence-corrected chi connectivity index (χ2v) is 10.0. The molecule has 2 bridgehead atoms. The summed E-state index contributed by atoms with van der Waals surface area (Å²) in [6.45, 7) is 3.69. The van der Waals surface area contributed by atoms with E-state index in [9.17, 15) is 9.59 Å². The van der Waals surface area contributed by atoms with Crippen molar-refractivity contribution < 1.29 is 14.3 Å². The standard InChI is InChI=1S/C24H25N7O3S/c1-14-20(6-16(8-26-14)28-22(32)13-30-10-17-2-3-18(11-30)34-17)29-23(33)19-9-27-31-12-21(35-24(19)31)15-4-5-25-7-15/h4-9,12,17-18,25H,2-3,10-11,13H2,1H3,(H,28,32)(H,29,33). The Hall–Kier alpha value is -3.54. The zero-order chi connectivity index (χ0) is 23.9. The highest BCUT2D eigenvalue weighted by Crippen LogP contribution is 2.31. The highest BCUT2D eigenvalue weighted by Gasteiger charge is 2.34. The number of aryl methyl sites for hydroxylation is 1. The Kier molecular flexibility index (Phi) is 5.59. The summed E-state index contributed by atoms with van der Waals surface area (Å²) in [6, 6.07) is 3.71. The van der Waals surface area contributed by atoms with Crippen molar-refractivity contribution in [2.24, 2.45) is 0 Å². The lowest BCUT2D eigenvalue weighted by molar-refractivity contribution is -0.119. The third kappa shape index (κ3) is 4.45. The molecule has 2 atom stereocenters. The number of H-pyrrole nitrogens is 1. The predicted octanol–water partition coefficient (Wildman–Crippen LogP) is 3.15. The fourth-order valence-electron chi connectivity index (χ4n) is 4.70. The molecule has 180 valence electrons. The van der Waals surface area contributed by atoms with Crippen LogP contribution in [0.15, 0.2) is 43.1 Å². The third-order valence-corrected chi connectivity index (χ3v) is 7.59. The smallest absolute Gasteiger partial charge is 0.260 e. The normalized spacial score (nSPS) is 19.8. The zero-order valence-electron chi connectivity index (χ0n) is 19.2. The molecule has 0 spiro atoms. The predicted molar refractivity (Wildman–Crippen MR) is 133 cm³/mol. The van der Waals surface area contributed by atoms with Gasteiger partial charge in [-0.3, -0.25) is 19.5 Å². The van der Waals surface area contributed by atoms with Gasteiger partial charge in [-0.25, -0.2) is 4.52 Å². The second kappa shape index (κ2) is 8.91. The summed E-state index contributed by atoms with van der Waals surface area (Å²) in [5.74, 6) is -0.386. The van der Waals surface area contributed by atoms with Gasteiger partial charge in [-0.15, -0.1) is 11.3 Å². The first-order chi connectivity index (χ1) is 17.0. The summed E-state index contributed by atoms with van der Waals surface area (Å²) in [4.78, 5) is 37.1. The minimum absolute atomic E-state index is 0.108. The highest BCUT2D eigenvalue weighted by molar-refractivity contribution is 7.21. The molecule has 0 aromatic carbocycles. The molecule has 2 amide bonds. The van der Waals surface area contributed by atoms with E-state index in [1.807, 2.05) is 31.6 Å². The van der Waals surface area contributed by atoms with Crippen LogP contribution in [0.5, 0.6) is 0 Å². The van der Waals surface area contributed by atoms with Gasteiger partial charge in [0.1, 0.15) is 4.83 Å². The highest BCUT2D eigenvalue weighted by atomic mass is 32.1. The number of aromatic nitrogens is 4. The molecule has 2 fully saturated rings. The number of fused-ring (bicyclic) bond motifs is 3. The minimum Gasteiger partial charge on any atom is -0.372 e. The molecule has 0 radical (unpaired) electrons. The maximum Gasteiger partial charge on any atom is 0.260 e. The van der Waals surface area contributed by atoms with Crippen LogP contribution in [0.2, 0.25) is 0 Å². The van der Waals surface area contributed by atoms with Gasteiger partial charge in [0.2, 0.25) is 5.91 Å². The first kappa shape index (κ1) is 22.0. The van der Waals surface area contributed by atoms with Gasteiger partial charge in [0.15, 0.2) is 0 Å². The van der Waals surface area contributed by atoms with Crippen LogP contribution in [0.1, 0.15) is 28.9 Å². The Morgan fingerprint density at radius 3 is 2.83 bits per heavy atom. The monoisotopic (exact) mass is 491 g/mol. The molecule has 2 aliphatic heterocycles. The number of carbonyl (C=O) groups excluding carboxylic acids is 2. The van der Waals surface area contributed by atoms with Crippen LogP contribution < -0.4 is 10.6 Å². The third-order valence-electron chi connectivity index (χ3n) is 6.43. The van der Waals surface area contributed by atoms with E-state index in [1.54, 1.807) is 23.0 Å². The number of morpholine rings is 1. The van der Waals surface area contributed by atoms with Crippen LogP contribution in [0, 0.1) is 6.92 Å². The molecule has 4 aromatic rings. The van der Waals surface area contributed by atoms with E-state index >= 15 is 0 Å². The van der Waals surface area contributed by atoms with Crippen molar-refractivity contribution in [2.75, 3.05) is 30.3 Å². The minimum atomic E-state index is -0.278. The van der Waals surface area contributed by atoms with E-state index in [-0.39, 0.29) is 24.0 Å². The number of nitrogens with zero attached hydrogens (tertiary/aromatic N) is 4. The van der Waals surface area contributed by atoms with Crippen molar-refractivity contribution in [2.45, 2.75) is 32.0 Å². The van der Waals surface area contributed by atoms with Gasteiger partial charge in [-0.2, -0.15) is 5.10 Å². The number of aromatic amines is 1. The topological polar surface area (TPSA) is 117 Å². The van der Waals surface area contributed by atoms with E-state index in [2.05, 4.69) is 30.6 Å².